The summed E-state index contributed by atoms with van der Waals surface area (Å²) in [6, 6.07) is 5.21. The Morgan fingerprint density at radius 2 is 1.25 bits per heavy atom. The third-order valence-electron chi connectivity index (χ3n) is 7.94. The molecule has 0 N–H and O–H groups in total. The van der Waals surface area contributed by atoms with Gasteiger partial charge in [0.05, 0.1) is 23.0 Å². The summed E-state index contributed by atoms with van der Waals surface area (Å²) in [6.45, 7) is 10.2. The number of carbonyl (C=O) groups excluding carboxylic acids is 4. The summed E-state index contributed by atoms with van der Waals surface area (Å²) < 4.78 is 10.8. The molecular weight excluding hydrogens is 560 g/mol. The van der Waals surface area contributed by atoms with E-state index in [4.69, 9.17) is 9.47 Å². The van der Waals surface area contributed by atoms with Crippen LogP contribution in [-0.4, -0.2) is 71.9 Å². The first-order chi connectivity index (χ1) is 21.2. The number of carbonyl (C=O) groups is 4. The average Bonchev–Trinajstić information content (AvgIpc) is 3.05. The van der Waals surface area contributed by atoms with E-state index in [-0.39, 0.29) is 11.6 Å². The quantitative estimate of drug-likeness (QED) is 0.148. The van der Waals surface area contributed by atoms with Gasteiger partial charge in [0.15, 0.2) is 23.8 Å². The van der Waals surface area contributed by atoms with Gasteiger partial charge < -0.3 is 19.3 Å². The van der Waals surface area contributed by atoms with Crippen molar-refractivity contribution < 1.29 is 28.7 Å². The van der Waals surface area contributed by atoms with Crippen LogP contribution in [0.3, 0.4) is 0 Å². The van der Waals surface area contributed by atoms with Gasteiger partial charge in [0.2, 0.25) is 0 Å². The number of piperazine rings is 1. The topological polar surface area (TPSA) is 119 Å². The smallest absolute Gasteiger partial charge is 0.340 e. The second-order valence-corrected chi connectivity index (χ2v) is 11.5. The van der Waals surface area contributed by atoms with E-state index in [9.17, 15) is 19.2 Å². The Labute approximate surface area is 261 Å². The van der Waals surface area contributed by atoms with Gasteiger partial charge in [-0.05, 0) is 44.9 Å². The van der Waals surface area contributed by atoms with Crippen LogP contribution in [0, 0.1) is 0 Å². The fraction of sp³-hybridized carbons (Fsp3) is 0.588. The third kappa shape index (κ3) is 10.7. The molecule has 1 saturated heterocycles. The first-order valence-corrected chi connectivity index (χ1v) is 16.1. The lowest BCUT2D eigenvalue weighted by Crippen LogP contribution is -2.47. The molecule has 0 aromatic carbocycles. The van der Waals surface area contributed by atoms with Crippen LogP contribution in [0.2, 0.25) is 0 Å². The molecule has 3 heterocycles. The van der Waals surface area contributed by atoms with Crippen LogP contribution in [0.4, 0.5) is 11.5 Å². The molecule has 3 rings (SSSR count). The molecule has 44 heavy (non-hydrogen) atoms. The molecule has 2 atom stereocenters. The van der Waals surface area contributed by atoms with Crippen LogP contribution in [0.15, 0.2) is 36.8 Å². The molecule has 1 fully saturated rings. The van der Waals surface area contributed by atoms with E-state index in [2.05, 4.69) is 33.6 Å². The molecule has 240 valence electrons. The summed E-state index contributed by atoms with van der Waals surface area (Å²) in [5, 5.41) is 0. The minimum Gasteiger partial charge on any atom is -0.451 e. The van der Waals surface area contributed by atoms with Crippen molar-refractivity contribution in [2.45, 2.75) is 104 Å². The number of Topliss-reactive ketones (excluding diaryl/α,β-unsaturated/α-hetero) is 2. The van der Waals surface area contributed by atoms with Gasteiger partial charge >= 0.3 is 11.9 Å². The van der Waals surface area contributed by atoms with Crippen molar-refractivity contribution in [2.24, 2.45) is 0 Å². The monoisotopic (exact) mass is 608 g/mol. The SMILES string of the molecule is CCCCCCC(=O)[C@@H](C)OC(=O)c1ccc(N2CCN(c3cncc(C(=O)O[C@H](C)C(=O)CCCCCC)c3)CC2)nc1. The Morgan fingerprint density at radius 1 is 0.705 bits per heavy atom. The summed E-state index contributed by atoms with van der Waals surface area (Å²) in [7, 11) is 0. The van der Waals surface area contributed by atoms with Gasteiger partial charge in [-0.15, -0.1) is 0 Å². The van der Waals surface area contributed by atoms with Crippen LogP contribution in [-0.2, 0) is 19.1 Å². The summed E-state index contributed by atoms with van der Waals surface area (Å²) in [5.74, 6) is -0.496. The van der Waals surface area contributed by atoms with Gasteiger partial charge in [-0.1, -0.05) is 52.4 Å². The maximum absolute atomic E-state index is 12.7. The highest BCUT2D eigenvalue weighted by Gasteiger charge is 2.23. The van der Waals surface area contributed by atoms with Crippen molar-refractivity contribution in [2.75, 3.05) is 36.0 Å². The largest absolute Gasteiger partial charge is 0.451 e. The summed E-state index contributed by atoms with van der Waals surface area (Å²) in [5.41, 5.74) is 1.42. The summed E-state index contributed by atoms with van der Waals surface area (Å²) in [6.07, 6.45) is 11.9. The van der Waals surface area contributed by atoms with E-state index in [0.29, 0.717) is 50.1 Å². The molecule has 0 saturated carbocycles. The van der Waals surface area contributed by atoms with Gasteiger partial charge in [0.1, 0.15) is 5.82 Å². The zero-order valence-corrected chi connectivity index (χ0v) is 26.8. The molecular formula is C34H48N4O6. The first-order valence-electron chi connectivity index (χ1n) is 16.1. The number of pyridine rings is 2. The van der Waals surface area contributed by atoms with Gasteiger partial charge in [-0.25, -0.2) is 14.6 Å². The minimum absolute atomic E-state index is 0.0626. The van der Waals surface area contributed by atoms with Crippen molar-refractivity contribution >= 4 is 35.0 Å². The zero-order valence-electron chi connectivity index (χ0n) is 26.8. The molecule has 10 nitrogen and oxygen atoms in total. The van der Waals surface area contributed by atoms with Crippen molar-refractivity contribution in [1.29, 1.82) is 0 Å². The second-order valence-electron chi connectivity index (χ2n) is 11.5. The average molecular weight is 609 g/mol. The van der Waals surface area contributed by atoms with Crippen LogP contribution >= 0.6 is 0 Å². The number of rotatable bonds is 18. The third-order valence-corrected chi connectivity index (χ3v) is 7.94. The number of aromatic nitrogens is 2. The first kappa shape index (κ1) is 34.7. The van der Waals surface area contributed by atoms with Crippen molar-refractivity contribution in [3.8, 4) is 0 Å². The van der Waals surface area contributed by atoms with Gasteiger partial charge in [-0.3, -0.25) is 14.6 Å². The predicted molar refractivity (Wildman–Crippen MR) is 170 cm³/mol. The van der Waals surface area contributed by atoms with Crippen molar-refractivity contribution in [3.05, 3.63) is 47.9 Å². The fourth-order valence-electron chi connectivity index (χ4n) is 5.05. The molecule has 0 spiro atoms. The molecule has 2 aromatic rings. The van der Waals surface area contributed by atoms with Gasteiger partial charge in [-0.2, -0.15) is 0 Å². The molecule has 0 bridgehead atoms. The maximum atomic E-state index is 12.7. The molecule has 10 heteroatoms. The highest BCUT2D eigenvalue weighted by atomic mass is 16.5. The van der Waals surface area contributed by atoms with Gasteiger partial charge in [0.25, 0.3) is 0 Å². The van der Waals surface area contributed by atoms with Crippen LogP contribution in [0.25, 0.3) is 0 Å². The van der Waals surface area contributed by atoms with E-state index in [1.807, 2.05) is 0 Å². The molecule has 2 aromatic heterocycles. The van der Waals surface area contributed by atoms with E-state index < -0.39 is 24.1 Å². The van der Waals surface area contributed by atoms with Crippen LogP contribution < -0.4 is 9.80 Å². The van der Waals surface area contributed by atoms with E-state index in [1.165, 1.54) is 12.4 Å². The number of ether oxygens (including phenoxy) is 2. The minimum atomic E-state index is -0.789. The summed E-state index contributed by atoms with van der Waals surface area (Å²) >= 11 is 0. The lowest BCUT2D eigenvalue weighted by Gasteiger charge is -2.36. The highest BCUT2D eigenvalue weighted by molar-refractivity contribution is 5.93. The number of unbranched alkanes of at least 4 members (excludes halogenated alkanes) is 6. The Bertz CT molecular complexity index is 1230. The number of esters is 2. The van der Waals surface area contributed by atoms with Crippen LogP contribution in [0.1, 0.15) is 113 Å². The Balaban J connectivity index is 1.47. The molecule has 0 unspecified atom stereocenters. The molecule has 0 amide bonds. The number of hydrogen-bond acceptors (Lipinski definition) is 10. The molecule has 1 aliphatic heterocycles. The Kier molecular flexibility index (Phi) is 14.3. The number of ketones is 2. The Morgan fingerprint density at radius 3 is 1.77 bits per heavy atom. The van der Waals surface area contributed by atoms with E-state index >= 15 is 0 Å². The highest BCUT2D eigenvalue weighted by Crippen LogP contribution is 2.21. The lowest BCUT2D eigenvalue weighted by molar-refractivity contribution is -0.127. The number of nitrogens with zero attached hydrogens (tertiary/aromatic N) is 4. The maximum Gasteiger partial charge on any atom is 0.340 e. The van der Waals surface area contributed by atoms with Crippen molar-refractivity contribution in [3.63, 3.8) is 0 Å². The van der Waals surface area contributed by atoms with E-state index in [1.54, 1.807) is 38.2 Å². The van der Waals surface area contributed by atoms with E-state index in [0.717, 1.165) is 62.9 Å². The second kappa shape index (κ2) is 18.1. The van der Waals surface area contributed by atoms with Gasteiger partial charge in [0, 0.05) is 51.4 Å². The van der Waals surface area contributed by atoms with Crippen molar-refractivity contribution in [1.82, 2.24) is 9.97 Å². The standard InChI is InChI=1S/C34H48N4O6/c1-5-7-9-11-13-30(39)25(3)43-33(41)27-15-16-32(36-23-27)38-19-17-37(18-20-38)29-21-28(22-35-24-29)34(42)44-26(4)31(40)14-12-10-8-6-2/h15-16,21-26H,5-14,17-20H2,1-4H3/t25-,26-/m1/s1. The number of hydrogen-bond donors (Lipinski definition) is 0. The predicted octanol–water partition coefficient (Wildman–Crippen LogP) is 5.97. The molecule has 0 radical (unpaired) electrons. The van der Waals surface area contributed by atoms with Crippen LogP contribution in [0.5, 0.6) is 0 Å². The fourth-order valence-corrected chi connectivity index (χ4v) is 5.05. The Hall–Kier alpha value is -3.82. The summed E-state index contributed by atoms with van der Waals surface area (Å²) in [4.78, 5) is 62.9. The molecule has 0 aliphatic carbocycles. The number of anilines is 2. The zero-order chi connectivity index (χ0) is 31.9. The lowest BCUT2D eigenvalue weighted by atomic mass is 10.1. The normalized spacial score (nSPS) is 14.5. The molecule has 1 aliphatic rings.